The van der Waals surface area contributed by atoms with Gasteiger partial charge in [0.25, 0.3) is 0 Å². The summed E-state index contributed by atoms with van der Waals surface area (Å²) in [6, 6.07) is 6.56. The quantitative estimate of drug-likeness (QED) is 0.457. The van der Waals surface area contributed by atoms with Gasteiger partial charge in [-0.3, -0.25) is 4.57 Å². The number of pyridine rings is 1. The summed E-state index contributed by atoms with van der Waals surface area (Å²) < 4.78 is 27.8. The number of methoxy groups -OCH3 is 1. The Kier molecular flexibility index (Phi) is 5.47. The van der Waals surface area contributed by atoms with Crippen LogP contribution in [0, 0.1) is 5.82 Å². The maximum atomic E-state index is 14.0. The molecule has 10 heteroatoms. The molecular formula is C24H27FN6O3. The second-order valence-electron chi connectivity index (χ2n) is 9.43. The van der Waals surface area contributed by atoms with Crippen LogP contribution in [0.4, 0.5) is 10.1 Å². The first kappa shape index (κ1) is 22.3. The number of anilines is 1. The molecule has 0 amide bonds. The van der Waals surface area contributed by atoms with Gasteiger partial charge in [0.1, 0.15) is 11.3 Å². The van der Waals surface area contributed by atoms with Gasteiger partial charge in [0.15, 0.2) is 17.2 Å². The van der Waals surface area contributed by atoms with Gasteiger partial charge < -0.3 is 14.4 Å². The van der Waals surface area contributed by atoms with E-state index in [-0.39, 0.29) is 18.0 Å². The van der Waals surface area contributed by atoms with Crippen molar-refractivity contribution >= 4 is 22.4 Å². The highest BCUT2D eigenvalue weighted by Crippen LogP contribution is 2.27. The molecular weight excluding hydrogens is 439 g/mol. The Morgan fingerprint density at radius 3 is 2.62 bits per heavy atom. The molecule has 0 bridgehead atoms. The highest BCUT2D eigenvalue weighted by molar-refractivity contribution is 5.89. The number of hydrogen-bond acceptors (Lipinski definition) is 7. The van der Waals surface area contributed by atoms with Gasteiger partial charge in [-0.25, -0.2) is 18.6 Å². The molecule has 178 valence electrons. The molecule has 1 saturated heterocycles. The first-order valence-electron chi connectivity index (χ1n) is 11.2. The maximum Gasteiger partial charge on any atom is 0.336 e. The van der Waals surface area contributed by atoms with E-state index in [4.69, 9.17) is 14.5 Å². The fourth-order valence-corrected chi connectivity index (χ4v) is 4.28. The normalized spacial score (nSPS) is 14.8. The summed E-state index contributed by atoms with van der Waals surface area (Å²) in [5.74, 6) is 0.227. The minimum Gasteiger partial charge on any atom is -0.494 e. The molecule has 0 N–H and O–H groups in total. The summed E-state index contributed by atoms with van der Waals surface area (Å²) in [6.45, 7) is 8.92. The zero-order valence-electron chi connectivity index (χ0n) is 19.7. The van der Waals surface area contributed by atoms with Crippen LogP contribution >= 0.6 is 0 Å². The average molecular weight is 467 g/mol. The topological polar surface area (TPSA) is 86.8 Å². The Morgan fingerprint density at radius 2 is 1.91 bits per heavy atom. The molecule has 0 atom stereocenters. The molecule has 0 saturated carbocycles. The van der Waals surface area contributed by atoms with Gasteiger partial charge in [-0.1, -0.05) is 26.8 Å². The van der Waals surface area contributed by atoms with Crippen molar-refractivity contribution < 1.29 is 13.9 Å². The van der Waals surface area contributed by atoms with E-state index in [9.17, 15) is 9.18 Å². The lowest BCUT2D eigenvalue weighted by molar-refractivity contribution is 0.122. The van der Waals surface area contributed by atoms with Crippen molar-refractivity contribution in [2.24, 2.45) is 0 Å². The number of morpholine rings is 1. The van der Waals surface area contributed by atoms with Crippen molar-refractivity contribution in [1.29, 1.82) is 0 Å². The lowest BCUT2D eigenvalue weighted by atomic mass is 9.96. The first-order valence-corrected chi connectivity index (χ1v) is 11.2. The predicted molar refractivity (Wildman–Crippen MR) is 126 cm³/mol. The monoisotopic (exact) mass is 466 g/mol. The minimum absolute atomic E-state index is 0.128. The third-order valence-electron chi connectivity index (χ3n) is 6.04. The van der Waals surface area contributed by atoms with E-state index in [1.807, 2.05) is 26.8 Å². The number of fused-ring (bicyclic) bond motifs is 3. The molecule has 4 aromatic rings. The van der Waals surface area contributed by atoms with Gasteiger partial charge in [-0.15, -0.1) is 10.2 Å². The molecule has 0 spiro atoms. The second kappa shape index (κ2) is 8.35. The van der Waals surface area contributed by atoms with Gasteiger partial charge in [0.05, 0.1) is 44.3 Å². The Hall–Kier alpha value is -3.53. The van der Waals surface area contributed by atoms with Crippen molar-refractivity contribution in [2.45, 2.75) is 32.7 Å². The van der Waals surface area contributed by atoms with Crippen LogP contribution < -0.4 is 15.3 Å². The Labute approximate surface area is 195 Å². The molecule has 0 radical (unpaired) electrons. The molecule has 4 heterocycles. The van der Waals surface area contributed by atoms with Crippen LogP contribution in [0.25, 0.3) is 16.7 Å². The average Bonchev–Trinajstić information content (AvgIpc) is 3.29. The molecule has 0 aliphatic carbocycles. The third kappa shape index (κ3) is 3.77. The van der Waals surface area contributed by atoms with Crippen LogP contribution in [-0.4, -0.2) is 57.6 Å². The number of hydrogen-bond donors (Lipinski definition) is 0. The first-order chi connectivity index (χ1) is 16.3. The van der Waals surface area contributed by atoms with E-state index in [0.29, 0.717) is 35.7 Å². The third-order valence-corrected chi connectivity index (χ3v) is 6.04. The molecule has 3 aromatic heterocycles. The van der Waals surface area contributed by atoms with Gasteiger partial charge in [0, 0.05) is 18.5 Å². The van der Waals surface area contributed by atoms with Gasteiger partial charge in [-0.2, -0.15) is 0 Å². The maximum absolute atomic E-state index is 14.0. The lowest BCUT2D eigenvalue weighted by Crippen LogP contribution is -2.36. The number of nitrogens with zero attached hydrogens (tertiary/aromatic N) is 6. The highest BCUT2D eigenvalue weighted by Gasteiger charge is 2.26. The molecule has 9 nitrogen and oxygen atoms in total. The van der Waals surface area contributed by atoms with Gasteiger partial charge >= 0.3 is 5.69 Å². The number of rotatable bonds is 4. The Morgan fingerprint density at radius 1 is 1.15 bits per heavy atom. The SMILES string of the molecule is COc1cc(Cn2c(=O)n3c(C(C)(C)C)nnc3c3ncc(N4CCOCC4)cc32)ccc1F. The number of aromatic nitrogens is 5. The second-order valence-corrected chi connectivity index (χ2v) is 9.43. The Bertz CT molecular complexity index is 1430. The predicted octanol–water partition coefficient (Wildman–Crippen LogP) is 2.77. The summed E-state index contributed by atoms with van der Waals surface area (Å²) in [4.78, 5) is 20.8. The summed E-state index contributed by atoms with van der Waals surface area (Å²) in [7, 11) is 1.42. The zero-order valence-corrected chi connectivity index (χ0v) is 19.7. The van der Waals surface area contributed by atoms with Crippen LogP contribution in [0.2, 0.25) is 0 Å². The summed E-state index contributed by atoms with van der Waals surface area (Å²) in [5.41, 5.74) is 2.58. The number of ether oxygens (including phenoxy) is 2. The molecule has 1 aromatic carbocycles. The molecule has 5 rings (SSSR count). The largest absolute Gasteiger partial charge is 0.494 e. The molecule has 0 unspecified atom stereocenters. The fraction of sp³-hybridized carbons (Fsp3) is 0.417. The van der Waals surface area contributed by atoms with Gasteiger partial charge in [0.2, 0.25) is 0 Å². The Balaban J connectivity index is 1.76. The van der Waals surface area contributed by atoms with Crippen molar-refractivity contribution in [2.75, 3.05) is 38.3 Å². The van der Waals surface area contributed by atoms with E-state index >= 15 is 0 Å². The molecule has 1 fully saturated rings. The summed E-state index contributed by atoms with van der Waals surface area (Å²) in [5, 5.41) is 8.68. The van der Waals surface area contributed by atoms with Crippen molar-refractivity contribution in [3.63, 3.8) is 0 Å². The van der Waals surface area contributed by atoms with Crippen LogP contribution in [0.15, 0.2) is 35.3 Å². The number of halogens is 1. The van der Waals surface area contributed by atoms with E-state index < -0.39 is 11.2 Å². The van der Waals surface area contributed by atoms with Crippen LogP contribution in [0.1, 0.15) is 32.2 Å². The van der Waals surface area contributed by atoms with E-state index in [0.717, 1.165) is 24.3 Å². The van der Waals surface area contributed by atoms with E-state index in [1.165, 1.54) is 17.6 Å². The highest BCUT2D eigenvalue weighted by atomic mass is 19.1. The lowest BCUT2D eigenvalue weighted by Gasteiger charge is -2.28. The summed E-state index contributed by atoms with van der Waals surface area (Å²) >= 11 is 0. The minimum atomic E-state index is -0.455. The van der Waals surface area contributed by atoms with Crippen LogP contribution in [-0.2, 0) is 16.7 Å². The van der Waals surface area contributed by atoms with E-state index in [2.05, 4.69) is 15.1 Å². The zero-order chi connectivity index (χ0) is 24.0. The van der Waals surface area contributed by atoms with Gasteiger partial charge in [-0.05, 0) is 23.8 Å². The van der Waals surface area contributed by atoms with E-state index in [1.54, 1.807) is 22.9 Å². The standard InChI is InChI=1S/C24H27FN6O3/c1-24(2,3)22-28-27-21-20-18(12-16(13-26-20)29-7-9-34-10-8-29)30(23(32)31(21)22)14-15-5-6-17(25)19(11-15)33-4/h5-6,11-13H,7-10,14H2,1-4H3. The van der Waals surface area contributed by atoms with Crippen molar-refractivity contribution in [3.8, 4) is 5.75 Å². The smallest absolute Gasteiger partial charge is 0.336 e. The van der Waals surface area contributed by atoms with Crippen molar-refractivity contribution in [1.82, 2.24) is 24.1 Å². The molecule has 1 aliphatic heterocycles. The molecule has 34 heavy (non-hydrogen) atoms. The van der Waals surface area contributed by atoms with Crippen molar-refractivity contribution in [3.05, 3.63) is 58.2 Å². The fourth-order valence-electron chi connectivity index (χ4n) is 4.28. The van der Waals surface area contributed by atoms with Crippen LogP contribution in [0.5, 0.6) is 5.75 Å². The summed E-state index contributed by atoms with van der Waals surface area (Å²) in [6.07, 6.45) is 1.80. The number of benzene rings is 1. The van der Waals surface area contributed by atoms with Crippen LogP contribution in [0.3, 0.4) is 0 Å². The molecule has 1 aliphatic rings.